The highest BCUT2D eigenvalue weighted by molar-refractivity contribution is 6.30. The number of hydrogen-bond acceptors (Lipinski definition) is 2. The van der Waals surface area contributed by atoms with Crippen LogP contribution in [0.1, 0.15) is 39.5 Å². The molecule has 0 radical (unpaired) electrons. The highest BCUT2D eigenvalue weighted by Crippen LogP contribution is 2.33. The molecule has 3 rings (SSSR count). The quantitative estimate of drug-likeness (QED) is 0.840. The molecule has 19 heavy (non-hydrogen) atoms. The molecular formula is C16H23ClN2. The molecule has 0 bridgehead atoms. The van der Waals surface area contributed by atoms with Gasteiger partial charge in [-0.2, -0.15) is 0 Å². The highest BCUT2D eigenvalue weighted by Gasteiger charge is 2.40. The molecular weight excluding hydrogens is 256 g/mol. The Morgan fingerprint density at radius 1 is 1.16 bits per heavy atom. The number of nitrogens with zero attached hydrogens (tertiary/aromatic N) is 1. The normalized spacial score (nSPS) is 29.9. The first-order chi connectivity index (χ1) is 9.05. The minimum absolute atomic E-state index is 0.179. The van der Waals surface area contributed by atoms with Crippen LogP contribution in [-0.2, 0) is 0 Å². The van der Waals surface area contributed by atoms with Crippen LogP contribution in [0.2, 0.25) is 5.02 Å². The maximum absolute atomic E-state index is 6.01. The van der Waals surface area contributed by atoms with E-state index in [1.54, 1.807) is 0 Å². The average Bonchev–Trinajstić information content (AvgIpc) is 2.37. The van der Waals surface area contributed by atoms with E-state index in [1.165, 1.54) is 31.4 Å². The van der Waals surface area contributed by atoms with Crippen LogP contribution in [-0.4, -0.2) is 24.2 Å². The number of hydrogen-bond donors (Lipinski definition) is 1. The first-order valence-electron chi connectivity index (χ1n) is 7.35. The fraction of sp³-hybridized carbons (Fsp3) is 0.625. The van der Waals surface area contributed by atoms with E-state index in [4.69, 9.17) is 11.6 Å². The fourth-order valence-corrected chi connectivity index (χ4v) is 3.78. The van der Waals surface area contributed by atoms with Crippen LogP contribution in [0.3, 0.4) is 0 Å². The second-order valence-corrected chi connectivity index (χ2v) is 7.03. The fourth-order valence-electron chi connectivity index (χ4n) is 3.66. The Morgan fingerprint density at radius 2 is 1.84 bits per heavy atom. The number of nitrogens with one attached hydrogen (secondary N) is 1. The van der Waals surface area contributed by atoms with Crippen LogP contribution in [0.4, 0.5) is 5.69 Å². The van der Waals surface area contributed by atoms with Gasteiger partial charge in [0.15, 0.2) is 0 Å². The number of rotatable bonds is 1. The van der Waals surface area contributed by atoms with Crippen molar-refractivity contribution in [3.63, 3.8) is 0 Å². The van der Waals surface area contributed by atoms with Gasteiger partial charge in [0.2, 0.25) is 0 Å². The SMILES string of the molecule is CC1(C)CN(c2ccc(Cl)cc2)[C@@H]2CCCC[C@@H]2N1. The van der Waals surface area contributed by atoms with Gasteiger partial charge >= 0.3 is 0 Å². The Hall–Kier alpha value is -0.730. The lowest BCUT2D eigenvalue weighted by molar-refractivity contribution is 0.199. The Bertz CT molecular complexity index is 441. The topological polar surface area (TPSA) is 15.3 Å². The van der Waals surface area contributed by atoms with Crippen LogP contribution in [0.15, 0.2) is 24.3 Å². The molecule has 2 aliphatic rings. The molecule has 0 aromatic heterocycles. The molecule has 0 unspecified atom stereocenters. The molecule has 104 valence electrons. The molecule has 1 saturated heterocycles. The Morgan fingerprint density at radius 3 is 2.58 bits per heavy atom. The molecule has 1 aromatic rings. The zero-order valence-electron chi connectivity index (χ0n) is 11.8. The number of benzene rings is 1. The van der Waals surface area contributed by atoms with Crippen molar-refractivity contribution in [2.75, 3.05) is 11.4 Å². The molecule has 1 aliphatic heterocycles. The summed E-state index contributed by atoms with van der Waals surface area (Å²) in [5, 5.41) is 4.66. The molecule has 1 aromatic carbocycles. The third kappa shape index (κ3) is 2.75. The van der Waals surface area contributed by atoms with Gasteiger partial charge in [0.25, 0.3) is 0 Å². The lowest BCUT2D eigenvalue weighted by Crippen LogP contribution is -2.67. The van der Waals surface area contributed by atoms with Crippen molar-refractivity contribution < 1.29 is 0 Å². The minimum Gasteiger partial charge on any atom is -0.365 e. The molecule has 0 spiro atoms. The third-order valence-corrected chi connectivity index (χ3v) is 4.68. The molecule has 1 heterocycles. The molecule has 2 nitrogen and oxygen atoms in total. The molecule has 2 fully saturated rings. The van der Waals surface area contributed by atoms with Crippen LogP contribution in [0.5, 0.6) is 0 Å². The van der Waals surface area contributed by atoms with Crippen LogP contribution in [0, 0.1) is 0 Å². The van der Waals surface area contributed by atoms with Crippen molar-refractivity contribution in [1.29, 1.82) is 0 Å². The summed E-state index contributed by atoms with van der Waals surface area (Å²) in [6.45, 7) is 5.68. The molecule has 1 N–H and O–H groups in total. The van der Waals surface area contributed by atoms with E-state index in [9.17, 15) is 0 Å². The summed E-state index contributed by atoms with van der Waals surface area (Å²) in [5.74, 6) is 0. The van der Waals surface area contributed by atoms with Crippen molar-refractivity contribution in [1.82, 2.24) is 5.32 Å². The Kier molecular flexibility index (Phi) is 3.48. The summed E-state index contributed by atoms with van der Waals surface area (Å²) >= 11 is 6.01. The molecule has 1 saturated carbocycles. The second-order valence-electron chi connectivity index (χ2n) is 6.59. The predicted octanol–water partition coefficient (Wildman–Crippen LogP) is 3.84. The Balaban J connectivity index is 1.90. The Labute approximate surface area is 121 Å². The third-order valence-electron chi connectivity index (χ3n) is 4.43. The standard InChI is InChI=1S/C16H23ClN2/c1-16(2)11-19(13-9-7-12(17)8-10-13)15-6-4-3-5-14(15)18-16/h7-10,14-15,18H,3-6,11H2,1-2H3/t14-,15+/m0/s1. The van der Waals surface area contributed by atoms with E-state index in [1.807, 2.05) is 12.1 Å². The van der Waals surface area contributed by atoms with Gasteiger partial charge in [-0.3, -0.25) is 0 Å². The summed E-state index contributed by atoms with van der Waals surface area (Å²) in [7, 11) is 0. The van der Waals surface area contributed by atoms with Crippen molar-refractivity contribution >= 4 is 17.3 Å². The van der Waals surface area contributed by atoms with Crippen LogP contribution in [0.25, 0.3) is 0 Å². The van der Waals surface area contributed by atoms with Gasteiger partial charge in [-0.1, -0.05) is 24.4 Å². The van der Waals surface area contributed by atoms with Gasteiger partial charge in [-0.15, -0.1) is 0 Å². The highest BCUT2D eigenvalue weighted by atomic mass is 35.5. The van der Waals surface area contributed by atoms with Gasteiger partial charge in [0.05, 0.1) is 0 Å². The monoisotopic (exact) mass is 278 g/mol. The molecule has 1 aliphatic carbocycles. The zero-order valence-corrected chi connectivity index (χ0v) is 12.6. The van der Waals surface area contributed by atoms with Crippen molar-refractivity contribution in [2.24, 2.45) is 0 Å². The molecule has 2 atom stereocenters. The average molecular weight is 279 g/mol. The summed E-state index contributed by atoms with van der Waals surface area (Å²) in [6.07, 6.45) is 5.32. The zero-order chi connectivity index (χ0) is 13.5. The van der Waals surface area contributed by atoms with Gasteiger partial charge in [-0.25, -0.2) is 0 Å². The maximum Gasteiger partial charge on any atom is 0.0444 e. The molecule has 3 heteroatoms. The lowest BCUT2D eigenvalue weighted by Gasteiger charge is -2.52. The predicted molar refractivity (Wildman–Crippen MR) is 82.1 cm³/mol. The summed E-state index contributed by atoms with van der Waals surface area (Å²) < 4.78 is 0. The van der Waals surface area contributed by atoms with E-state index in [0.717, 1.165) is 11.6 Å². The largest absolute Gasteiger partial charge is 0.365 e. The first-order valence-corrected chi connectivity index (χ1v) is 7.73. The smallest absolute Gasteiger partial charge is 0.0444 e. The van der Waals surface area contributed by atoms with E-state index < -0.39 is 0 Å². The van der Waals surface area contributed by atoms with Crippen LogP contribution >= 0.6 is 11.6 Å². The lowest BCUT2D eigenvalue weighted by atomic mass is 9.83. The first kappa shape index (κ1) is 13.3. The van der Waals surface area contributed by atoms with E-state index in [0.29, 0.717) is 12.1 Å². The van der Waals surface area contributed by atoms with Gasteiger partial charge in [0, 0.05) is 34.9 Å². The van der Waals surface area contributed by atoms with E-state index in [-0.39, 0.29) is 5.54 Å². The number of anilines is 1. The van der Waals surface area contributed by atoms with E-state index >= 15 is 0 Å². The minimum atomic E-state index is 0.179. The van der Waals surface area contributed by atoms with Gasteiger partial charge in [0.1, 0.15) is 0 Å². The van der Waals surface area contributed by atoms with E-state index in [2.05, 4.69) is 36.2 Å². The van der Waals surface area contributed by atoms with Crippen molar-refractivity contribution in [3.05, 3.63) is 29.3 Å². The number of piperazine rings is 1. The van der Waals surface area contributed by atoms with Gasteiger partial charge < -0.3 is 10.2 Å². The molecule has 0 amide bonds. The van der Waals surface area contributed by atoms with Gasteiger partial charge in [-0.05, 0) is 51.0 Å². The summed E-state index contributed by atoms with van der Waals surface area (Å²) in [5.41, 5.74) is 1.49. The maximum atomic E-state index is 6.01. The number of halogens is 1. The second kappa shape index (κ2) is 4.99. The summed E-state index contributed by atoms with van der Waals surface area (Å²) in [4.78, 5) is 2.59. The number of fused-ring (bicyclic) bond motifs is 1. The van der Waals surface area contributed by atoms with Crippen molar-refractivity contribution in [3.8, 4) is 0 Å². The van der Waals surface area contributed by atoms with Crippen molar-refractivity contribution in [2.45, 2.75) is 57.2 Å². The van der Waals surface area contributed by atoms with Crippen LogP contribution < -0.4 is 10.2 Å². The summed E-state index contributed by atoms with van der Waals surface area (Å²) in [6, 6.07) is 9.61.